The fraction of sp³-hybridized carbons (Fsp3) is 0.0909. The molecule has 0 radical (unpaired) electrons. The molecule has 0 saturated carbocycles. The van der Waals surface area contributed by atoms with Crippen molar-refractivity contribution >= 4 is 28.7 Å². The number of aromatic nitrogens is 1. The Bertz CT molecular complexity index is 467. The maximum atomic E-state index is 11.7. The van der Waals surface area contributed by atoms with E-state index in [2.05, 4.69) is 4.98 Å². The van der Waals surface area contributed by atoms with Crippen molar-refractivity contribution < 1.29 is 4.79 Å². The third-order valence-corrected chi connectivity index (χ3v) is 3.04. The third kappa shape index (κ3) is 2.64. The van der Waals surface area contributed by atoms with Crippen LogP contribution in [-0.4, -0.2) is 10.8 Å². The molecule has 2 aromatic rings. The Balaban J connectivity index is 2.13. The van der Waals surface area contributed by atoms with Gasteiger partial charge in [-0.2, -0.15) is 0 Å². The Morgan fingerprint density at radius 2 is 2.33 bits per heavy atom. The van der Waals surface area contributed by atoms with Crippen LogP contribution in [0.4, 0.5) is 0 Å². The average Bonchev–Trinajstić information content (AvgIpc) is 2.70. The summed E-state index contributed by atoms with van der Waals surface area (Å²) in [5.41, 5.74) is 0.848. The highest BCUT2D eigenvalue weighted by Gasteiger charge is 2.08. The molecule has 0 saturated heterocycles. The second-order valence-corrected chi connectivity index (χ2v) is 4.47. The lowest BCUT2D eigenvalue weighted by atomic mass is 10.1. The Hall–Kier alpha value is -1.19. The zero-order valence-corrected chi connectivity index (χ0v) is 9.39. The number of ketones is 1. The van der Waals surface area contributed by atoms with Crippen molar-refractivity contribution in [3.63, 3.8) is 0 Å². The van der Waals surface area contributed by atoms with E-state index in [9.17, 15) is 4.79 Å². The van der Waals surface area contributed by atoms with E-state index in [0.29, 0.717) is 11.4 Å². The summed E-state index contributed by atoms with van der Waals surface area (Å²) in [4.78, 5) is 16.4. The number of Topliss-reactive ketones (excluding diaryl/α,β-unsaturated/α-hetero) is 1. The van der Waals surface area contributed by atoms with Crippen LogP contribution in [0.25, 0.3) is 0 Å². The van der Waals surface area contributed by atoms with Gasteiger partial charge in [0.1, 0.15) is 0 Å². The SMILES string of the molecule is O=C(Cc1cncc(Cl)c1)c1cccs1. The smallest absolute Gasteiger partial charge is 0.177 e. The van der Waals surface area contributed by atoms with Crippen molar-refractivity contribution in [2.75, 3.05) is 0 Å². The van der Waals surface area contributed by atoms with E-state index in [-0.39, 0.29) is 5.78 Å². The average molecular weight is 238 g/mol. The van der Waals surface area contributed by atoms with Gasteiger partial charge in [0.05, 0.1) is 9.90 Å². The quantitative estimate of drug-likeness (QED) is 0.768. The van der Waals surface area contributed by atoms with Gasteiger partial charge in [-0.1, -0.05) is 17.7 Å². The van der Waals surface area contributed by atoms with E-state index in [0.717, 1.165) is 10.4 Å². The number of nitrogens with zero attached hydrogens (tertiary/aromatic N) is 1. The summed E-state index contributed by atoms with van der Waals surface area (Å²) in [7, 11) is 0. The van der Waals surface area contributed by atoms with Crippen LogP contribution in [0.15, 0.2) is 36.0 Å². The zero-order chi connectivity index (χ0) is 10.7. The molecule has 0 unspecified atom stereocenters. The normalized spacial score (nSPS) is 10.2. The summed E-state index contributed by atoms with van der Waals surface area (Å²) in [5.74, 6) is 0.106. The van der Waals surface area contributed by atoms with Crippen LogP contribution >= 0.6 is 22.9 Å². The summed E-state index contributed by atoms with van der Waals surface area (Å²) in [5, 5.41) is 2.45. The molecule has 76 valence electrons. The zero-order valence-electron chi connectivity index (χ0n) is 7.81. The van der Waals surface area contributed by atoms with Gasteiger partial charge in [0.25, 0.3) is 0 Å². The molecule has 0 fully saturated rings. The molecule has 2 aromatic heterocycles. The summed E-state index contributed by atoms with van der Waals surface area (Å²) in [6.45, 7) is 0. The Kier molecular flexibility index (Phi) is 3.14. The number of halogens is 1. The van der Waals surface area contributed by atoms with Crippen molar-refractivity contribution in [3.8, 4) is 0 Å². The van der Waals surface area contributed by atoms with Gasteiger partial charge in [-0.05, 0) is 23.1 Å². The number of thiophene rings is 1. The number of hydrogen-bond donors (Lipinski definition) is 0. The van der Waals surface area contributed by atoms with Crippen LogP contribution in [0.3, 0.4) is 0 Å². The third-order valence-electron chi connectivity index (χ3n) is 1.92. The first-order valence-corrected chi connectivity index (χ1v) is 5.67. The second-order valence-electron chi connectivity index (χ2n) is 3.09. The van der Waals surface area contributed by atoms with Crippen molar-refractivity contribution in [3.05, 3.63) is 51.4 Å². The maximum absolute atomic E-state index is 11.7. The molecule has 0 N–H and O–H groups in total. The fourth-order valence-electron chi connectivity index (χ4n) is 1.26. The van der Waals surface area contributed by atoms with Gasteiger partial charge in [0, 0.05) is 18.8 Å². The van der Waals surface area contributed by atoms with Crippen molar-refractivity contribution in [1.29, 1.82) is 0 Å². The minimum Gasteiger partial charge on any atom is -0.293 e. The summed E-state index contributed by atoms with van der Waals surface area (Å²) in [6.07, 6.45) is 3.58. The molecule has 0 bridgehead atoms. The highest BCUT2D eigenvalue weighted by atomic mass is 35.5. The molecule has 2 heterocycles. The van der Waals surface area contributed by atoms with Gasteiger partial charge in [-0.25, -0.2) is 0 Å². The van der Waals surface area contributed by atoms with Gasteiger partial charge in [0.2, 0.25) is 0 Å². The number of pyridine rings is 1. The van der Waals surface area contributed by atoms with Gasteiger partial charge >= 0.3 is 0 Å². The molecule has 0 aliphatic heterocycles. The fourth-order valence-corrected chi connectivity index (χ4v) is 2.12. The second kappa shape index (κ2) is 4.55. The largest absolute Gasteiger partial charge is 0.293 e. The van der Waals surface area contributed by atoms with Crippen LogP contribution in [0, 0.1) is 0 Å². The predicted octanol–water partition coefficient (Wildman–Crippen LogP) is 3.22. The van der Waals surface area contributed by atoms with Crippen LogP contribution in [0.1, 0.15) is 15.2 Å². The Morgan fingerprint density at radius 1 is 1.47 bits per heavy atom. The highest BCUT2D eigenvalue weighted by molar-refractivity contribution is 7.12. The van der Waals surface area contributed by atoms with Crippen molar-refractivity contribution in [2.45, 2.75) is 6.42 Å². The van der Waals surface area contributed by atoms with Crippen molar-refractivity contribution in [1.82, 2.24) is 4.98 Å². The van der Waals surface area contributed by atoms with E-state index in [1.165, 1.54) is 11.3 Å². The molecule has 2 rings (SSSR count). The van der Waals surface area contributed by atoms with E-state index in [1.54, 1.807) is 18.5 Å². The van der Waals surface area contributed by atoms with E-state index in [4.69, 9.17) is 11.6 Å². The van der Waals surface area contributed by atoms with Gasteiger partial charge in [-0.3, -0.25) is 9.78 Å². The molecular weight excluding hydrogens is 230 g/mol. The predicted molar refractivity (Wildman–Crippen MR) is 61.6 cm³/mol. The molecule has 0 aliphatic carbocycles. The Morgan fingerprint density at radius 3 is 3.00 bits per heavy atom. The number of carbonyl (C=O) groups is 1. The lowest BCUT2D eigenvalue weighted by Crippen LogP contribution is -2.01. The lowest BCUT2D eigenvalue weighted by Gasteiger charge is -1.98. The molecule has 2 nitrogen and oxygen atoms in total. The first kappa shape index (κ1) is 10.3. The molecule has 15 heavy (non-hydrogen) atoms. The maximum Gasteiger partial charge on any atom is 0.177 e. The van der Waals surface area contributed by atoms with E-state index < -0.39 is 0 Å². The first-order chi connectivity index (χ1) is 7.25. The van der Waals surface area contributed by atoms with Gasteiger partial charge < -0.3 is 0 Å². The van der Waals surface area contributed by atoms with Gasteiger partial charge in [-0.15, -0.1) is 11.3 Å². The minimum absolute atomic E-state index is 0.106. The van der Waals surface area contributed by atoms with Crippen LogP contribution in [0.2, 0.25) is 5.02 Å². The number of rotatable bonds is 3. The van der Waals surface area contributed by atoms with E-state index in [1.807, 2.05) is 17.5 Å². The number of carbonyl (C=O) groups excluding carboxylic acids is 1. The van der Waals surface area contributed by atoms with Crippen molar-refractivity contribution in [2.24, 2.45) is 0 Å². The molecule has 4 heteroatoms. The molecular formula is C11H8ClNOS. The summed E-state index contributed by atoms with van der Waals surface area (Å²) >= 11 is 7.23. The van der Waals surface area contributed by atoms with E-state index >= 15 is 0 Å². The first-order valence-electron chi connectivity index (χ1n) is 4.42. The van der Waals surface area contributed by atoms with Gasteiger partial charge in [0.15, 0.2) is 5.78 Å². The molecule has 0 aliphatic rings. The van der Waals surface area contributed by atoms with Crippen LogP contribution in [0.5, 0.6) is 0 Å². The van der Waals surface area contributed by atoms with Crippen LogP contribution < -0.4 is 0 Å². The molecule has 0 atom stereocenters. The lowest BCUT2D eigenvalue weighted by molar-refractivity contribution is 0.0997. The highest BCUT2D eigenvalue weighted by Crippen LogP contribution is 2.14. The summed E-state index contributed by atoms with van der Waals surface area (Å²) < 4.78 is 0. The molecule has 0 amide bonds. The summed E-state index contributed by atoms with van der Waals surface area (Å²) in [6, 6.07) is 5.46. The number of hydrogen-bond acceptors (Lipinski definition) is 3. The minimum atomic E-state index is 0.106. The van der Waals surface area contributed by atoms with Crippen LogP contribution in [-0.2, 0) is 6.42 Å². The molecule has 0 aromatic carbocycles. The Labute approximate surface area is 96.5 Å². The monoisotopic (exact) mass is 237 g/mol. The standard InChI is InChI=1S/C11H8ClNOS/c12-9-4-8(6-13-7-9)5-10(14)11-2-1-3-15-11/h1-4,6-7H,5H2. The topological polar surface area (TPSA) is 30.0 Å². The molecule has 0 spiro atoms.